The van der Waals surface area contributed by atoms with Crippen LogP contribution in [0.5, 0.6) is 0 Å². The molecule has 0 saturated heterocycles. The second-order valence-corrected chi connectivity index (χ2v) is 4.33. The number of hydrogen-bond acceptors (Lipinski definition) is 2. The molecule has 0 aliphatic rings. The smallest absolute Gasteiger partial charge is 0.381 e. The molecular formula is C14H20F3NO. The third kappa shape index (κ3) is 4.84. The Morgan fingerprint density at radius 2 is 1.89 bits per heavy atom. The molecule has 1 unspecified atom stereocenters. The van der Waals surface area contributed by atoms with E-state index in [9.17, 15) is 13.2 Å². The summed E-state index contributed by atoms with van der Waals surface area (Å²) in [5, 5.41) is 2.93. The lowest BCUT2D eigenvalue weighted by Gasteiger charge is -2.21. The highest BCUT2D eigenvalue weighted by Crippen LogP contribution is 2.35. The molecule has 0 aliphatic heterocycles. The van der Waals surface area contributed by atoms with E-state index in [-0.39, 0.29) is 11.6 Å². The topological polar surface area (TPSA) is 21.3 Å². The lowest BCUT2D eigenvalue weighted by atomic mass is 9.98. The molecule has 1 rings (SSSR count). The molecule has 0 fully saturated rings. The summed E-state index contributed by atoms with van der Waals surface area (Å²) in [7, 11) is 1.66. The number of alkyl halides is 3. The standard InChI is InChI=1S/C14H20F3NO/c1-3-9-19-10-8-13(18-2)11-6-4-5-7-12(11)14(15,16)17/h4-7,13,18H,3,8-10H2,1-2H3. The van der Waals surface area contributed by atoms with E-state index in [1.165, 1.54) is 12.1 Å². The zero-order valence-corrected chi connectivity index (χ0v) is 11.3. The van der Waals surface area contributed by atoms with Crippen molar-refractivity contribution in [2.24, 2.45) is 0 Å². The van der Waals surface area contributed by atoms with Gasteiger partial charge in [-0.15, -0.1) is 0 Å². The third-order valence-electron chi connectivity index (χ3n) is 2.89. The summed E-state index contributed by atoms with van der Waals surface area (Å²) in [6.45, 7) is 3.08. The number of ether oxygens (including phenoxy) is 1. The SMILES string of the molecule is CCCOCCC(NC)c1ccccc1C(F)(F)F. The molecule has 0 aromatic heterocycles. The number of rotatable bonds is 7. The number of nitrogens with one attached hydrogen (secondary N) is 1. The molecule has 0 amide bonds. The number of benzene rings is 1. The second kappa shape index (κ2) is 7.50. The molecule has 1 N–H and O–H groups in total. The zero-order chi connectivity index (χ0) is 14.3. The van der Waals surface area contributed by atoms with Crippen LogP contribution in [0.4, 0.5) is 13.2 Å². The number of halogens is 3. The Kier molecular flexibility index (Phi) is 6.31. The van der Waals surface area contributed by atoms with Gasteiger partial charge in [0, 0.05) is 19.3 Å². The van der Waals surface area contributed by atoms with Crippen molar-refractivity contribution in [3.8, 4) is 0 Å². The van der Waals surface area contributed by atoms with Gasteiger partial charge in [-0.25, -0.2) is 0 Å². The molecule has 1 aromatic rings. The molecule has 0 saturated carbocycles. The molecule has 5 heteroatoms. The fourth-order valence-electron chi connectivity index (χ4n) is 1.96. The van der Waals surface area contributed by atoms with Gasteiger partial charge in [0.25, 0.3) is 0 Å². The van der Waals surface area contributed by atoms with Crippen LogP contribution in [0.3, 0.4) is 0 Å². The zero-order valence-electron chi connectivity index (χ0n) is 11.3. The summed E-state index contributed by atoms with van der Waals surface area (Å²) in [5.41, 5.74) is -0.303. The van der Waals surface area contributed by atoms with E-state index in [4.69, 9.17) is 4.74 Å². The van der Waals surface area contributed by atoms with Crippen LogP contribution < -0.4 is 5.32 Å². The Morgan fingerprint density at radius 1 is 1.21 bits per heavy atom. The summed E-state index contributed by atoms with van der Waals surface area (Å²) in [4.78, 5) is 0. The van der Waals surface area contributed by atoms with Gasteiger partial charge in [0.2, 0.25) is 0 Å². The summed E-state index contributed by atoms with van der Waals surface area (Å²) < 4.78 is 44.1. The molecule has 0 heterocycles. The molecule has 1 aromatic carbocycles. The van der Waals surface area contributed by atoms with Crippen LogP contribution in [-0.2, 0) is 10.9 Å². The van der Waals surface area contributed by atoms with Crippen LogP contribution in [0, 0.1) is 0 Å². The highest BCUT2D eigenvalue weighted by atomic mass is 19.4. The molecule has 0 radical (unpaired) electrons. The van der Waals surface area contributed by atoms with Gasteiger partial charge >= 0.3 is 6.18 Å². The van der Waals surface area contributed by atoms with Gasteiger partial charge in [-0.3, -0.25) is 0 Å². The molecule has 2 nitrogen and oxygen atoms in total. The Morgan fingerprint density at radius 3 is 2.47 bits per heavy atom. The maximum Gasteiger partial charge on any atom is 0.416 e. The molecule has 108 valence electrons. The molecule has 0 aliphatic carbocycles. The van der Waals surface area contributed by atoms with Crippen molar-refractivity contribution in [2.75, 3.05) is 20.3 Å². The Bertz CT molecular complexity index is 379. The fraction of sp³-hybridized carbons (Fsp3) is 0.571. The minimum absolute atomic E-state index is 0.276. The summed E-state index contributed by atoms with van der Waals surface area (Å²) in [6.07, 6.45) is -2.90. The highest BCUT2D eigenvalue weighted by molar-refractivity contribution is 5.32. The van der Waals surface area contributed by atoms with Crippen LogP contribution in [0.1, 0.15) is 36.9 Å². The summed E-state index contributed by atoms with van der Waals surface area (Å²) in [5.74, 6) is 0. The van der Waals surface area contributed by atoms with E-state index in [0.717, 1.165) is 12.5 Å². The van der Waals surface area contributed by atoms with Crippen molar-refractivity contribution < 1.29 is 17.9 Å². The summed E-state index contributed by atoms with van der Waals surface area (Å²) >= 11 is 0. The van der Waals surface area contributed by atoms with Crippen molar-refractivity contribution in [3.05, 3.63) is 35.4 Å². The molecular weight excluding hydrogens is 255 g/mol. The van der Waals surface area contributed by atoms with Crippen molar-refractivity contribution in [2.45, 2.75) is 32.0 Å². The van der Waals surface area contributed by atoms with Crippen molar-refractivity contribution >= 4 is 0 Å². The predicted octanol–water partition coefficient (Wildman–Crippen LogP) is 3.78. The maximum atomic E-state index is 12.9. The predicted molar refractivity (Wildman–Crippen MR) is 69.0 cm³/mol. The minimum Gasteiger partial charge on any atom is -0.381 e. The van der Waals surface area contributed by atoms with Gasteiger partial charge in [0.1, 0.15) is 0 Å². The molecule has 0 bridgehead atoms. The van der Waals surface area contributed by atoms with Gasteiger partial charge in [0.05, 0.1) is 5.56 Å². The van der Waals surface area contributed by atoms with E-state index in [1.807, 2.05) is 6.92 Å². The Labute approximate surface area is 112 Å². The monoisotopic (exact) mass is 275 g/mol. The normalized spacial score (nSPS) is 13.5. The average molecular weight is 275 g/mol. The van der Waals surface area contributed by atoms with Crippen LogP contribution in [-0.4, -0.2) is 20.3 Å². The largest absolute Gasteiger partial charge is 0.416 e. The highest BCUT2D eigenvalue weighted by Gasteiger charge is 2.34. The van der Waals surface area contributed by atoms with E-state index in [2.05, 4.69) is 5.32 Å². The minimum atomic E-state index is -4.32. The van der Waals surface area contributed by atoms with E-state index < -0.39 is 11.7 Å². The maximum absolute atomic E-state index is 12.9. The first-order valence-electron chi connectivity index (χ1n) is 6.41. The van der Waals surface area contributed by atoms with Crippen molar-refractivity contribution in [1.82, 2.24) is 5.32 Å². The van der Waals surface area contributed by atoms with Gasteiger partial charge in [-0.1, -0.05) is 25.1 Å². The molecule has 1 atom stereocenters. The van der Waals surface area contributed by atoms with Gasteiger partial charge in [0.15, 0.2) is 0 Å². The van der Waals surface area contributed by atoms with Crippen LogP contribution in [0.25, 0.3) is 0 Å². The Balaban J connectivity index is 2.80. The first-order chi connectivity index (χ1) is 9.00. The number of hydrogen-bond donors (Lipinski definition) is 1. The van der Waals surface area contributed by atoms with E-state index in [1.54, 1.807) is 13.1 Å². The third-order valence-corrected chi connectivity index (χ3v) is 2.89. The fourth-order valence-corrected chi connectivity index (χ4v) is 1.96. The van der Waals surface area contributed by atoms with Crippen LogP contribution in [0.2, 0.25) is 0 Å². The van der Waals surface area contributed by atoms with Crippen LogP contribution >= 0.6 is 0 Å². The average Bonchev–Trinajstić information content (AvgIpc) is 2.38. The quantitative estimate of drug-likeness (QED) is 0.765. The van der Waals surface area contributed by atoms with Gasteiger partial charge < -0.3 is 10.1 Å². The molecule has 19 heavy (non-hydrogen) atoms. The molecule has 0 spiro atoms. The van der Waals surface area contributed by atoms with Crippen molar-refractivity contribution in [3.63, 3.8) is 0 Å². The van der Waals surface area contributed by atoms with Gasteiger partial charge in [-0.05, 0) is 31.5 Å². The van der Waals surface area contributed by atoms with Gasteiger partial charge in [-0.2, -0.15) is 13.2 Å². The van der Waals surface area contributed by atoms with Crippen molar-refractivity contribution in [1.29, 1.82) is 0 Å². The lowest BCUT2D eigenvalue weighted by molar-refractivity contribution is -0.138. The first-order valence-corrected chi connectivity index (χ1v) is 6.41. The van der Waals surface area contributed by atoms with Crippen LogP contribution in [0.15, 0.2) is 24.3 Å². The summed E-state index contributed by atoms with van der Waals surface area (Å²) in [6, 6.07) is 5.32. The lowest BCUT2D eigenvalue weighted by Crippen LogP contribution is -2.22. The van der Waals surface area contributed by atoms with E-state index >= 15 is 0 Å². The second-order valence-electron chi connectivity index (χ2n) is 4.33. The van der Waals surface area contributed by atoms with E-state index in [0.29, 0.717) is 19.6 Å². The first kappa shape index (κ1) is 16.0. The Hall–Kier alpha value is -1.07.